The van der Waals surface area contributed by atoms with Crippen LogP contribution in [0.2, 0.25) is 10.0 Å². The molecule has 0 fully saturated rings. The molecule has 0 aliphatic carbocycles. The topological polar surface area (TPSA) is 86.8 Å². The van der Waals surface area contributed by atoms with Crippen molar-refractivity contribution in [2.45, 2.75) is 52.6 Å². The van der Waals surface area contributed by atoms with Crippen molar-refractivity contribution in [3.63, 3.8) is 0 Å². The zero-order valence-corrected chi connectivity index (χ0v) is 23.8. The summed E-state index contributed by atoms with van der Waals surface area (Å²) in [6, 6.07) is 9.42. The molecule has 0 bridgehead atoms. The average Bonchev–Trinajstić information content (AvgIpc) is 2.82. The van der Waals surface area contributed by atoms with E-state index < -0.39 is 21.9 Å². The highest BCUT2D eigenvalue weighted by Gasteiger charge is 2.29. The maximum Gasteiger partial charge on any atom is 0.242 e. The first-order chi connectivity index (χ1) is 17.3. The summed E-state index contributed by atoms with van der Waals surface area (Å²) in [5.41, 5.74) is 1.02. The summed E-state index contributed by atoms with van der Waals surface area (Å²) < 4.78 is 39.2. The molecule has 1 unspecified atom stereocenters. The van der Waals surface area contributed by atoms with Gasteiger partial charge in [0.2, 0.25) is 21.8 Å². The first-order valence-corrected chi connectivity index (χ1v) is 14.7. The first kappa shape index (κ1) is 30.9. The van der Waals surface area contributed by atoms with Gasteiger partial charge in [-0.3, -0.25) is 13.9 Å². The number of anilines is 1. The van der Waals surface area contributed by atoms with Gasteiger partial charge >= 0.3 is 0 Å². The zero-order valence-electron chi connectivity index (χ0n) is 21.5. The van der Waals surface area contributed by atoms with Crippen LogP contribution in [0.3, 0.4) is 0 Å². The van der Waals surface area contributed by atoms with E-state index >= 15 is 0 Å². The van der Waals surface area contributed by atoms with Gasteiger partial charge in [0.05, 0.1) is 22.0 Å². The number of nitrogens with one attached hydrogen (secondary N) is 1. The van der Waals surface area contributed by atoms with Crippen LogP contribution >= 0.6 is 23.2 Å². The molecule has 2 aromatic carbocycles. The Kier molecular flexibility index (Phi) is 11.7. The van der Waals surface area contributed by atoms with Crippen LogP contribution in [0.4, 0.5) is 10.1 Å². The van der Waals surface area contributed by atoms with Gasteiger partial charge in [-0.1, -0.05) is 50.0 Å². The smallest absolute Gasteiger partial charge is 0.242 e. The Morgan fingerprint density at radius 2 is 1.70 bits per heavy atom. The van der Waals surface area contributed by atoms with Gasteiger partial charge in [0.1, 0.15) is 11.9 Å². The fourth-order valence-corrected chi connectivity index (χ4v) is 5.07. The van der Waals surface area contributed by atoms with Crippen molar-refractivity contribution in [3.8, 4) is 0 Å². The number of carbonyl (C=O) groups is 2. The van der Waals surface area contributed by atoms with Crippen molar-refractivity contribution in [3.05, 3.63) is 63.9 Å². The summed E-state index contributed by atoms with van der Waals surface area (Å²) in [5, 5.41) is 3.62. The number of sulfonamides is 1. The van der Waals surface area contributed by atoms with E-state index in [1.807, 2.05) is 20.8 Å². The molecule has 0 saturated carbocycles. The highest BCUT2D eigenvalue weighted by molar-refractivity contribution is 7.92. The monoisotopic (exact) mass is 573 g/mol. The van der Waals surface area contributed by atoms with Gasteiger partial charge in [-0.25, -0.2) is 12.8 Å². The van der Waals surface area contributed by atoms with Crippen LogP contribution in [0.25, 0.3) is 0 Å². The van der Waals surface area contributed by atoms with Crippen molar-refractivity contribution in [2.24, 2.45) is 5.92 Å². The van der Waals surface area contributed by atoms with Crippen molar-refractivity contribution in [1.82, 2.24) is 10.2 Å². The first-order valence-electron chi connectivity index (χ1n) is 12.1. The molecule has 37 heavy (non-hydrogen) atoms. The van der Waals surface area contributed by atoms with Gasteiger partial charge in [0.15, 0.2) is 0 Å². The van der Waals surface area contributed by atoms with E-state index in [1.54, 1.807) is 18.2 Å². The van der Waals surface area contributed by atoms with Gasteiger partial charge in [0, 0.05) is 26.1 Å². The molecule has 0 radical (unpaired) electrons. The molecule has 7 nitrogen and oxygen atoms in total. The third kappa shape index (κ3) is 9.47. The zero-order chi connectivity index (χ0) is 27.8. The van der Waals surface area contributed by atoms with Gasteiger partial charge in [-0.15, -0.1) is 0 Å². The minimum atomic E-state index is -3.66. The van der Waals surface area contributed by atoms with Crippen LogP contribution in [0.15, 0.2) is 42.5 Å². The van der Waals surface area contributed by atoms with E-state index in [0.29, 0.717) is 34.3 Å². The second kappa shape index (κ2) is 14.0. The van der Waals surface area contributed by atoms with E-state index in [1.165, 1.54) is 29.2 Å². The lowest BCUT2D eigenvalue weighted by molar-refractivity contribution is -0.141. The predicted molar refractivity (Wildman–Crippen MR) is 147 cm³/mol. The molecule has 204 valence electrons. The summed E-state index contributed by atoms with van der Waals surface area (Å²) in [5.74, 6) is -0.792. The molecule has 1 atom stereocenters. The fourth-order valence-electron chi connectivity index (χ4n) is 3.79. The van der Waals surface area contributed by atoms with Crippen LogP contribution in [0.5, 0.6) is 0 Å². The van der Waals surface area contributed by atoms with Crippen molar-refractivity contribution in [1.29, 1.82) is 0 Å². The largest absolute Gasteiger partial charge is 0.354 e. The fraction of sp³-hybridized carbons (Fsp3) is 0.462. The molecule has 0 aromatic heterocycles. The van der Waals surface area contributed by atoms with Crippen LogP contribution in [0.1, 0.15) is 45.6 Å². The van der Waals surface area contributed by atoms with Gasteiger partial charge in [-0.05, 0) is 60.7 Å². The Hall–Kier alpha value is -2.36. The number of hydrogen-bond acceptors (Lipinski definition) is 4. The van der Waals surface area contributed by atoms with E-state index in [2.05, 4.69) is 5.32 Å². The maximum absolute atomic E-state index is 13.4. The molecule has 2 amide bonds. The van der Waals surface area contributed by atoms with E-state index in [4.69, 9.17) is 23.2 Å². The van der Waals surface area contributed by atoms with Gasteiger partial charge < -0.3 is 10.2 Å². The molecular weight excluding hydrogens is 540 g/mol. The Balaban J connectivity index is 2.23. The molecule has 0 aliphatic heterocycles. The van der Waals surface area contributed by atoms with E-state index in [9.17, 15) is 22.4 Å². The van der Waals surface area contributed by atoms with E-state index in [0.717, 1.165) is 10.6 Å². The molecule has 0 saturated heterocycles. The summed E-state index contributed by atoms with van der Waals surface area (Å²) in [6.45, 7) is 6.42. The Labute approximate surface area is 229 Å². The highest BCUT2D eigenvalue weighted by Crippen LogP contribution is 2.25. The summed E-state index contributed by atoms with van der Waals surface area (Å²) in [4.78, 5) is 27.9. The lowest BCUT2D eigenvalue weighted by Crippen LogP contribution is -2.49. The number of nitrogens with zero attached hydrogens (tertiary/aromatic N) is 2. The minimum absolute atomic E-state index is 0.00248. The van der Waals surface area contributed by atoms with Crippen molar-refractivity contribution < 1.29 is 22.4 Å². The number of carbonyl (C=O) groups excluding carboxylic acids is 2. The molecule has 0 aliphatic rings. The lowest BCUT2D eigenvalue weighted by Gasteiger charge is -2.31. The second-order valence-corrected chi connectivity index (χ2v) is 12.0. The third-order valence-electron chi connectivity index (χ3n) is 5.67. The molecule has 0 heterocycles. The molecule has 2 aromatic rings. The molecule has 2 rings (SSSR count). The predicted octanol–water partition coefficient (Wildman–Crippen LogP) is 5.26. The van der Waals surface area contributed by atoms with Gasteiger partial charge in [0.25, 0.3) is 0 Å². The summed E-state index contributed by atoms with van der Waals surface area (Å²) in [7, 11) is -3.66. The Morgan fingerprint density at radius 1 is 1.05 bits per heavy atom. The molecule has 11 heteroatoms. The van der Waals surface area contributed by atoms with Crippen molar-refractivity contribution >= 4 is 50.7 Å². The standard InChI is InChI=1S/C26H34Cl2FN3O4S/c1-5-24(26(34)30-16-18(2)3)31(17-19-8-13-22(27)23(28)15-19)25(33)7-6-14-32(37(4,35)36)21-11-9-20(29)10-12-21/h8-13,15,18,24H,5-7,14,16-17H2,1-4H3,(H,30,34). The second-order valence-electron chi connectivity index (χ2n) is 9.25. The summed E-state index contributed by atoms with van der Waals surface area (Å²) in [6.07, 6.45) is 1.65. The van der Waals surface area contributed by atoms with Crippen LogP contribution in [-0.2, 0) is 26.2 Å². The molecule has 0 spiro atoms. The van der Waals surface area contributed by atoms with Gasteiger partial charge in [-0.2, -0.15) is 0 Å². The average molecular weight is 575 g/mol. The number of halogens is 3. The third-order valence-corrected chi connectivity index (χ3v) is 7.61. The number of hydrogen-bond donors (Lipinski definition) is 1. The Morgan fingerprint density at radius 3 is 2.24 bits per heavy atom. The summed E-state index contributed by atoms with van der Waals surface area (Å²) >= 11 is 12.2. The number of rotatable bonds is 13. The maximum atomic E-state index is 13.4. The van der Waals surface area contributed by atoms with Crippen LogP contribution in [0, 0.1) is 11.7 Å². The van der Waals surface area contributed by atoms with Crippen LogP contribution < -0.4 is 9.62 Å². The minimum Gasteiger partial charge on any atom is -0.354 e. The molecule has 1 N–H and O–H groups in total. The number of amides is 2. The lowest BCUT2D eigenvalue weighted by atomic mass is 10.1. The highest BCUT2D eigenvalue weighted by atomic mass is 35.5. The normalized spacial score (nSPS) is 12.3. The SMILES string of the molecule is CCC(C(=O)NCC(C)C)N(Cc1ccc(Cl)c(Cl)c1)C(=O)CCCN(c1ccc(F)cc1)S(C)(=O)=O. The number of benzene rings is 2. The quantitative estimate of drug-likeness (QED) is 0.354. The van der Waals surface area contributed by atoms with Crippen LogP contribution in [-0.4, -0.2) is 50.5 Å². The van der Waals surface area contributed by atoms with E-state index in [-0.39, 0.29) is 43.7 Å². The Bertz CT molecular complexity index is 1180. The van der Waals surface area contributed by atoms with Crippen molar-refractivity contribution in [2.75, 3.05) is 23.7 Å². The molecular formula is C26H34Cl2FN3O4S.